The van der Waals surface area contributed by atoms with E-state index in [0.717, 1.165) is 15.6 Å². The van der Waals surface area contributed by atoms with Crippen LogP contribution in [-0.4, -0.2) is 11.2 Å². The number of rotatable bonds is 2. The molecule has 1 amide bonds. The first-order valence-corrected chi connectivity index (χ1v) is 5.06. The fourth-order valence-corrected chi connectivity index (χ4v) is 1.74. The third-order valence-electron chi connectivity index (χ3n) is 2.12. The summed E-state index contributed by atoms with van der Waals surface area (Å²) in [4.78, 5) is 10.5. The Hall–Kier alpha value is -1.03. The predicted octanol–water partition coefficient (Wildman–Crippen LogP) is 3.09. The standard InChI is InChI=1S/C10H12BrNO2/c1-6-8(4-3-5-9(6)11)7(2)12-10(13)14/h3-5,7,12H,1-2H3,(H,13,14). The quantitative estimate of drug-likeness (QED) is 0.856. The third kappa shape index (κ3) is 2.48. The second kappa shape index (κ2) is 4.46. The van der Waals surface area contributed by atoms with Gasteiger partial charge < -0.3 is 10.4 Å². The van der Waals surface area contributed by atoms with Crippen molar-refractivity contribution in [3.05, 3.63) is 33.8 Å². The summed E-state index contributed by atoms with van der Waals surface area (Å²) in [5.74, 6) is 0. The Morgan fingerprint density at radius 1 is 1.57 bits per heavy atom. The predicted molar refractivity (Wildman–Crippen MR) is 58.5 cm³/mol. The molecule has 0 saturated heterocycles. The van der Waals surface area contributed by atoms with Gasteiger partial charge in [-0.2, -0.15) is 0 Å². The molecule has 1 aromatic rings. The molecule has 1 aromatic carbocycles. The summed E-state index contributed by atoms with van der Waals surface area (Å²) in [7, 11) is 0. The topological polar surface area (TPSA) is 49.3 Å². The zero-order chi connectivity index (χ0) is 10.7. The van der Waals surface area contributed by atoms with Crippen molar-refractivity contribution in [1.29, 1.82) is 0 Å². The molecule has 14 heavy (non-hydrogen) atoms. The van der Waals surface area contributed by atoms with E-state index in [2.05, 4.69) is 21.2 Å². The highest BCUT2D eigenvalue weighted by Crippen LogP contribution is 2.24. The fourth-order valence-electron chi connectivity index (χ4n) is 1.36. The van der Waals surface area contributed by atoms with E-state index in [1.54, 1.807) is 0 Å². The molecule has 76 valence electrons. The van der Waals surface area contributed by atoms with Crippen LogP contribution < -0.4 is 5.32 Å². The zero-order valence-corrected chi connectivity index (χ0v) is 9.63. The van der Waals surface area contributed by atoms with E-state index in [0.29, 0.717) is 0 Å². The maximum atomic E-state index is 10.5. The minimum Gasteiger partial charge on any atom is -0.465 e. The van der Waals surface area contributed by atoms with E-state index in [4.69, 9.17) is 5.11 Å². The number of benzene rings is 1. The normalized spacial score (nSPS) is 12.2. The molecule has 0 saturated carbocycles. The number of halogens is 1. The Bertz CT molecular complexity index is 352. The summed E-state index contributed by atoms with van der Waals surface area (Å²) in [6, 6.07) is 5.56. The Labute approximate surface area is 91.3 Å². The van der Waals surface area contributed by atoms with Crippen molar-refractivity contribution >= 4 is 22.0 Å². The van der Waals surface area contributed by atoms with Gasteiger partial charge in [-0.05, 0) is 31.0 Å². The van der Waals surface area contributed by atoms with Gasteiger partial charge in [-0.3, -0.25) is 0 Å². The average molecular weight is 258 g/mol. The molecule has 4 heteroatoms. The Balaban J connectivity index is 2.95. The van der Waals surface area contributed by atoms with E-state index in [1.807, 2.05) is 32.0 Å². The van der Waals surface area contributed by atoms with Crippen LogP contribution in [0, 0.1) is 6.92 Å². The number of carbonyl (C=O) groups is 1. The molecule has 0 heterocycles. The van der Waals surface area contributed by atoms with Crippen LogP contribution in [0.15, 0.2) is 22.7 Å². The smallest absolute Gasteiger partial charge is 0.405 e. The van der Waals surface area contributed by atoms with Gasteiger partial charge >= 0.3 is 6.09 Å². The van der Waals surface area contributed by atoms with E-state index in [-0.39, 0.29) is 6.04 Å². The van der Waals surface area contributed by atoms with E-state index >= 15 is 0 Å². The van der Waals surface area contributed by atoms with Crippen molar-refractivity contribution in [2.75, 3.05) is 0 Å². The summed E-state index contributed by atoms with van der Waals surface area (Å²) < 4.78 is 0.994. The fraction of sp³-hybridized carbons (Fsp3) is 0.300. The van der Waals surface area contributed by atoms with Crippen molar-refractivity contribution in [3.63, 3.8) is 0 Å². The molecule has 1 rings (SSSR count). The van der Waals surface area contributed by atoms with Crippen molar-refractivity contribution in [3.8, 4) is 0 Å². The van der Waals surface area contributed by atoms with Gasteiger partial charge in [-0.1, -0.05) is 28.1 Å². The van der Waals surface area contributed by atoms with Gasteiger partial charge in [0.1, 0.15) is 0 Å². The maximum absolute atomic E-state index is 10.5. The highest BCUT2D eigenvalue weighted by Gasteiger charge is 2.11. The molecule has 0 aliphatic rings. The molecule has 0 aliphatic carbocycles. The van der Waals surface area contributed by atoms with E-state index in [9.17, 15) is 4.79 Å². The first-order valence-electron chi connectivity index (χ1n) is 4.27. The summed E-state index contributed by atoms with van der Waals surface area (Å²) in [5, 5.41) is 11.0. The van der Waals surface area contributed by atoms with Gasteiger partial charge in [0.15, 0.2) is 0 Å². The van der Waals surface area contributed by atoms with Crippen molar-refractivity contribution in [1.82, 2.24) is 5.32 Å². The van der Waals surface area contributed by atoms with Crippen LogP contribution in [-0.2, 0) is 0 Å². The largest absolute Gasteiger partial charge is 0.465 e. The monoisotopic (exact) mass is 257 g/mol. The minimum atomic E-state index is -1.00. The molecule has 3 nitrogen and oxygen atoms in total. The molecule has 1 unspecified atom stereocenters. The number of carboxylic acid groups (broad SMARTS) is 1. The van der Waals surface area contributed by atoms with E-state index < -0.39 is 6.09 Å². The van der Waals surface area contributed by atoms with Crippen molar-refractivity contribution < 1.29 is 9.90 Å². The van der Waals surface area contributed by atoms with Gasteiger partial charge in [0.25, 0.3) is 0 Å². The highest BCUT2D eigenvalue weighted by molar-refractivity contribution is 9.10. The number of amides is 1. The molecule has 0 fully saturated rings. The summed E-state index contributed by atoms with van der Waals surface area (Å²) in [6.07, 6.45) is -1.00. The van der Waals surface area contributed by atoms with Crippen LogP contribution in [0.3, 0.4) is 0 Å². The van der Waals surface area contributed by atoms with Gasteiger partial charge in [-0.25, -0.2) is 4.79 Å². The molecular formula is C10H12BrNO2. The first-order chi connectivity index (χ1) is 6.52. The van der Waals surface area contributed by atoms with Crippen LogP contribution in [0.2, 0.25) is 0 Å². The zero-order valence-electron chi connectivity index (χ0n) is 8.04. The first kappa shape index (κ1) is 11.0. The Kier molecular flexibility index (Phi) is 3.52. The van der Waals surface area contributed by atoms with Gasteiger partial charge in [0.05, 0.1) is 6.04 Å². The second-order valence-corrected chi connectivity index (χ2v) is 3.98. The van der Waals surface area contributed by atoms with Crippen LogP contribution >= 0.6 is 15.9 Å². The lowest BCUT2D eigenvalue weighted by Gasteiger charge is -2.15. The lowest BCUT2D eigenvalue weighted by molar-refractivity contribution is 0.191. The molecule has 0 radical (unpaired) electrons. The maximum Gasteiger partial charge on any atom is 0.405 e. The number of nitrogens with one attached hydrogen (secondary N) is 1. The molecule has 1 atom stereocenters. The lowest BCUT2D eigenvalue weighted by atomic mass is 10.0. The van der Waals surface area contributed by atoms with Crippen LogP contribution in [0.4, 0.5) is 4.79 Å². The van der Waals surface area contributed by atoms with Crippen LogP contribution in [0.1, 0.15) is 24.1 Å². The molecule has 0 spiro atoms. The van der Waals surface area contributed by atoms with Gasteiger partial charge in [-0.15, -0.1) is 0 Å². The SMILES string of the molecule is Cc1c(Br)cccc1C(C)NC(=O)O. The van der Waals surface area contributed by atoms with Crippen molar-refractivity contribution in [2.24, 2.45) is 0 Å². The van der Waals surface area contributed by atoms with Gasteiger partial charge in [0.2, 0.25) is 0 Å². The lowest BCUT2D eigenvalue weighted by Crippen LogP contribution is -2.25. The van der Waals surface area contributed by atoms with Gasteiger partial charge in [0, 0.05) is 4.47 Å². The Morgan fingerprint density at radius 3 is 2.79 bits per heavy atom. The number of hydrogen-bond acceptors (Lipinski definition) is 1. The molecule has 0 aromatic heterocycles. The molecule has 2 N–H and O–H groups in total. The average Bonchev–Trinajstić information content (AvgIpc) is 2.08. The molecule has 0 aliphatic heterocycles. The van der Waals surface area contributed by atoms with Crippen molar-refractivity contribution in [2.45, 2.75) is 19.9 Å². The highest BCUT2D eigenvalue weighted by atomic mass is 79.9. The molecular weight excluding hydrogens is 246 g/mol. The van der Waals surface area contributed by atoms with E-state index in [1.165, 1.54) is 0 Å². The minimum absolute atomic E-state index is 0.190. The summed E-state index contributed by atoms with van der Waals surface area (Å²) in [5.41, 5.74) is 2.05. The third-order valence-corrected chi connectivity index (χ3v) is 2.98. The Morgan fingerprint density at radius 2 is 2.21 bits per heavy atom. The number of hydrogen-bond donors (Lipinski definition) is 2. The van der Waals surface area contributed by atoms with Crippen LogP contribution in [0.5, 0.6) is 0 Å². The molecule has 0 bridgehead atoms. The van der Waals surface area contributed by atoms with Crippen LogP contribution in [0.25, 0.3) is 0 Å². The summed E-state index contributed by atoms with van der Waals surface area (Å²) >= 11 is 3.41. The second-order valence-electron chi connectivity index (χ2n) is 3.13. The summed E-state index contributed by atoms with van der Waals surface area (Å²) in [6.45, 7) is 3.78.